The third kappa shape index (κ3) is 2.79. The Balaban J connectivity index is 2.21. The average Bonchev–Trinajstić information content (AvgIpc) is 2.78. The lowest BCUT2D eigenvalue weighted by molar-refractivity contribution is 0.161. The van der Waals surface area contributed by atoms with Gasteiger partial charge in [0.1, 0.15) is 10.8 Å². The van der Waals surface area contributed by atoms with Crippen LogP contribution in [0, 0.1) is 11.7 Å². The van der Waals surface area contributed by atoms with Crippen LogP contribution in [0.4, 0.5) is 10.1 Å². The van der Waals surface area contributed by atoms with Gasteiger partial charge in [0.25, 0.3) is 0 Å². The van der Waals surface area contributed by atoms with E-state index in [1.54, 1.807) is 13.2 Å². The second-order valence-electron chi connectivity index (χ2n) is 4.58. The van der Waals surface area contributed by atoms with E-state index < -0.39 is 0 Å². The van der Waals surface area contributed by atoms with Gasteiger partial charge < -0.3 is 15.4 Å². The average molecular weight is 268 g/mol. The molecule has 1 unspecified atom stereocenters. The standard InChI is InChI=1S/C13H17FN2OS/c1-17-8-9-4-5-16(7-9)12-3-2-10(14)6-11(12)13(15)18/h2-3,6,9H,4-5,7-8H2,1H3,(H2,15,18). The number of benzene rings is 1. The van der Waals surface area contributed by atoms with Gasteiger partial charge in [-0.05, 0) is 24.6 Å². The molecule has 0 amide bonds. The summed E-state index contributed by atoms with van der Waals surface area (Å²) in [5.41, 5.74) is 7.19. The summed E-state index contributed by atoms with van der Waals surface area (Å²) in [4.78, 5) is 2.43. The predicted molar refractivity (Wildman–Crippen MR) is 74.5 cm³/mol. The molecule has 0 radical (unpaired) electrons. The van der Waals surface area contributed by atoms with Crippen LogP contribution in [0.3, 0.4) is 0 Å². The van der Waals surface area contributed by atoms with Gasteiger partial charge in [-0.1, -0.05) is 12.2 Å². The summed E-state index contributed by atoms with van der Waals surface area (Å²) < 4.78 is 18.4. The smallest absolute Gasteiger partial charge is 0.124 e. The number of nitrogens with two attached hydrogens (primary N) is 1. The highest BCUT2D eigenvalue weighted by atomic mass is 32.1. The van der Waals surface area contributed by atoms with Gasteiger partial charge in [-0.15, -0.1) is 0 Å². The van der Waals surface area contributed by atoms with Crippen molar-refractivity contribution in [3.63, 3.8) is 0 Å². The maximum Gasteiger partial charge on any atom is 0.124 e. The molecule has 0 saturated carbocycles. The van der Waals surface area contributed by atoms with Crippen molar-refractivity contribution in [2.75, 3.05) is 31.7 Å². The monoisotopic (exact) mass is 268 g/mol. The Morgan fingerprint density at radius 2 is 2.39 bits per heavy atom. The first-order valence-electron chi connectivity index (χ1n) is 5.95. The molecule has 3 nitrogen and oxygen atoms in total. The zero-order chi connectivity index (χ0) is 13.1. The van der Waals surface area contributed by atoms with Crippen LogP contribution in [0.2, 0.25) is 0 Å². The van der Waals surface area contributed by atoms with Crippen LogP contribution in [-0.2, 0) is 4.74 Å². The normalized spacial score (nSPS) is 19.2. The maximum absolute atomic E-state index is 13.2. The van der Waals surface area contributed by atoms with E-state index in [0.29, 0.717) is 11.5 Å². The minimum Gasteiger partial charge on any atom is -0.389 e. The van der Waals surface area contributed by atoms with E-state index in [-0.39, 0.29) is 10.8 Å². The number of ether oxygens (including phenoxy) is 1. The van der Waals surface area contributed by atoms with Crippen molar-refractivity contribution in [1.82, 2.24) is 0 Å². The molecule has 98 valence electrons. The number of rotatable bonds is 4. The molecule has 5 heteroatoms. The van der Waals surface area contributed by atoms with Gasteiger partial charge in [0.05, 0.1) is 6.61 Å². The van der Waals surface area contributed by atoms with E-state index in [2.05, 4.69) is 4.90 Å². The van der Waals surface area contributed by atoms with Crippen LogP contribution in [0.15, 0.2) is 18.2 Å². The number of hydrogen-bond acceptors (Lipinski definition) is 3. The minimum absolute atomic E-state index is 0.236. The zero-order valence-corrected chi connectivity index (χ0v) is 11.2. The quantitative estimate of drug-likeness (QED) is 0.847. The van der Waals surface area contributed by atoms with Crippen LogP contribution in [0.5, 0.6) is 0 Å². The van der Waals surface area contributed by atoms with Crippen LogP contribution in [0.25, 0.3) is 0 Å². The second-order valence-corrected chi connectivity index (χ2v) is 5.02. The summed E-state index contributed by atoms with van der Waals surface area (Å²) in [7, 11) is 1.71. The van der Waals surface area contributed by atoms with Crippen molar-refractivity contribution < 1.29 is 9.13 Å². The molecule has 1 heterocycles. The van der Waals surface area contributed by atoms with Gasteiger partial charge in [-0.2, -0.15) is 0 Å². The number of thiocarbonyl (C=S) groups is 1. The Hall–Kier alpha value is -1.20. The summed E-state index contributed by atoms with van der Waals surface area (Å²) >= 11 is 4.99. The Kier molecular flexibility index (Phi) is 4.14. The molecular formula is C13H17FN2OS. The molecular weight excluding hydrogens is 251 g/mol. The maximum atomic E-state index is 13.2. The van der Waals surface area contributed by atoms with Crippen molar-refractivity contribution in [1.29, 1.82) is 0 Å². The van der Waals surface area contributed by atoms with E-state index in [0.717, 1.165) is 31.8 Å². The third-order valence-corrected chi connectivity index (χ3v) is 3.47. The van der Waals surface area contributed by atoms with E-state index >= 15 is 0 Å². The number of hydrogen-bond donors (Lipinski definition) is 1. The number of anilines is 1. The fraction of sp³-hybridized carbons (Fsp3) is 0.462. The van der Waals surface area contributed by atoms with Gasteiger partial charge >= 0.3 is 0 Å². The lowest BCUT2D eigenvalue weighted by atomic mass is 10.1. The van der Waals surface area contributed by atoms with Crippen molar-refractivity contribution in [3.8, 4) is 0 Å². The molecule has 2 N–H and O–H groups in total. The first-order chi connectivity index (χ1) is 8.61. The SMILES string of the molecule is COCC1CCN(c2ccc(F)cc2C(N)=S)C1. The Morgan fingerprint density at radius 1 is 1.61 bits per heavy atom. The second kappa shape index (κ2) is 5.63. The summed E-state index contributed by atoms with van der Waals surface area (Å²) in [6.07, 6.45) is 1.07. The molecule has 1 aromatic carbocycles. The van der Waals surface area contributed by atoms with Crippen molar-refractivity contribution in [3.05, 3.63) is 29.6 Å². The van der Waals surface area contributed by atoms with E-state index in [4.69, 9.17) is 22.7 Å². The molecule has 1 fully saturated rings. The highest BCUT2D eigenvalue weighted by Gasteiger charge is 2.24. The topological polar surface area (TPSA) is 38.5 Å². The van der Waals surface area contributed by atoms with Gasteiger partial charge in [0, 0.05) is 37.4 Å². The van der Waals surface area contributed by atoms with Crippen LogP contribution in [-0.4, -0.2) is 31.8 Å². The highest BCUT2D eigenvalue weighted by molar-refractivity contribution is 7.80. The highest BCUT2D eigenvalue weighted by Crippen LogP contribution is 2.27. The van der Waals surface area contributed by atoms with Gasteiger partial charge in [-0.25, -0.2) is 4.39 Å². The largest absolute Gasteiger partial charge is 0.389 e. The first kappa shape index (κ1) is 13.2. The Bertz CT molecular complexity index is 453. The van der Waals surface area contributed by atoms with E-state index in [9.17, 15) is 4.39 Å². The molecule has 0 spiro atoms. The molecule has 1 atom stereocenters. The lowest BCUT2D eigenvalue weighted by Crippen LogP contribution is -2.24. The van der Waals surface area contributed by atoms with Crippen LogP contribution < -0.4 is 10.6 Å². The summed E-state index contributed by atoms with van der Waals surface area (Å²) in [5.74, 6) is 0.202. The Labute approximate surface area is 112 Å². The van der Waals surface area contributed by atoms with Gasteiger partial charge in [0.2, 0.25) is 0 Å². The fourth-order valence-corrected chi connectivity index (χ4v) is 2.57. The van der Waals surface area contributed by atoms with Crippen LogP contribution >= 0.6 is 12.2 Å². The summed E-state index contributed by atoms with van der Waals surface area (Å²) in [5, 5.41) is 0. The summed E-state index contributed by atoms with van der Waals surface area (Å²) in [6.45, 7) is 2.57. The minimum atomic E-state index is -0.311. The number of methoxy groups -OCH3 is 1. The molecule has 0 aromatic heterocycles. The molecule has 1 saturated heterocycles. The van der Waals surface area contributed by atoms with Crippen molar-refractivity contribution in [2.45, 2.75) is 6.42 Å². The van der Waals surface area contributed by atoms with E-state index in [1.165, 1.54) is 12.1 Å². The molecule has 18 heavy (non-hydrogen) atoms. The predicted octanol–water partition coefficient (Wildman–Crippen LogP) is 1.93. The third-order valence-electron chi connectivity index (χ3n) is 3.25. The first-order valence-corrected chi connectivity index (χ1v) is 6.36. The number of halogens is 1. The molecule has 1 aliphatic heterocycles. The van der Waals surface area contributed by atoms with E-state index in [1.807, 2.05) is 0 Å². The molecule has 1 aliphatic rings. The molecule has 1 aromatic rings. The lowest BCUT2D eigenvalue weighted by Gasteiger charge is -2.21. The molecule has 2 rings (SSSR count). The van der Waals surface area contributed by atoms with Gasteiger partial charge in [0.15, 0.2) is 0 Å². The molecule has 0 aliphatic carbocycles. The number of nitrogens with zero attached hydrogens (tertiary/aromatic N) is 1. The summed E-state index contributed by atoms with van der Waals surface area (Å²) in [6, 6.07) is 4.60. The zero-order valence-electron chi connectivity index (χ0n) is 10.4. The van der Waals surface area contributed by atoms with Crippen LogP contribution in [0.1, 0.15) is 12.0 Å². The fourth-order valence-electron chi connectivity index (χ4n) is 2.40. The Morgan fingerprint density at radius 3 is 3.06 bits per heavy atom. The van der Waals surface area contributed by atoms with Crippen molar-refractivity contribution in [2.24, 2.45) is 11.7 Å². The van der Waals surface area contributed by atoms with Gasteiger partial charge in [-0.3, -0.25) is 0 Å². The van der Waals surface area contributed by atoms with Crippen molar-refractivity contribution >= 4 is 22.9 Å². The molecule has 0 bridgehead atoms.